The first-order valence-electron chi connectivity index (χ1n) is 3.97. The highest BCUT2D eigenvalue weighted by Crippen LogP contribution is 2.07. The van der Waals surface area contributed by atoms with Crippen molar-refractivity contribution in [3.63, 3.8) is 0 Å². The van der Waals surface area contributed by atoms with E-state index in [4.69, 9.17) is 0 Å². The molecule has 1 aromatic rings. The average molecular weight is 226 g/mol. The summed E-state index contributed by atoms with van der Waals surface area (Å²) in [4.78, 5) is 4.06. The van der Waals surface area contributed by atoms with Gasteiger partial charge in [-0.15, -0.1) is 0 Å². The summed E-state index contributed by atoms with van der Waals surface area (Å²) in [6.45, 7) is 2.09. The van der Waals surface area contributed by atoms with Crippen molar-refractivity contribution in [2.75, 3.05) is 5.33 Å². The van der Waals surface area contributed by atoms with E-state index >= 15 is 0 Å². The van der Waals surface area contributed by atoms with Crippen LogP contribution in [0.25, 0.3) is 6.08 Å². The van der Waals surface area contributed by atoms with Crippen LogP contribution in [0.5, 0.6) is 0 Å². The van der Waals surface area contributed by atoms with Crippen molar-refractivity contribution in [2.24, 2.45) is 0 Å². The Labute approximate surface area is 81.7 Å². The number of aryl methyl sites for hydroxylation is 1. The van der Waals surface area contributed by atoms with E-state index in [1.54, 1.807) is 0 Å². The fourth-order valence-electron chi connectivity index (χ4n) is 0.924. The number of aromatic nitrogens is 1. The zero-order valence-corrected chi connectivity index (χ0v) is 8.71. The number of hydrogen-bond donors (Lipinski definition) is 0. The number of hydrogen-bond acceptors (Lipinski definition) is 1. The van der Waals surface area contributed by atoms with Crippen LogP contribution in [0.1, 0.15) is 17.5 Å². The summed E-state index contributed by atoms with van der Waals surface area (Å²) in [5.41, 5.74) is 2.48. The van der Waals surface area contributed by atoms with Crippen LogP contribution in [0.4, 0.5) is 0 Å². The van der Waals surface area contributed by atoms with Gasteiger partial charge in [-0.1, -0.05) is 28.1 Å². The quantitative estimate of drug-likeness (QED) is 0.721. The van der Waals surface area contributed by atoms with E-state index in [9.17, 15) is 0 Å². The average Bonchev–Trinajstić information content (AvgIpc) is 2.09. The maximum absolute atomic E-state index is 4.06. The molecule has 0 aromatic carbocycles. The second-order valence-electron chi connectivity index (χ2n) is 2.61. The molecule has 0 saturated heterocycles. The van der Waals surface area contributed by atoms with E-state index in [-0.39, 0.29) is 0 Å². The van der Waals surface area contributed by atoms with E-state index in [0.717, 1.165) is 11.8 Å². The first kappa shape index (κ1) is 9.46. The van der Waals surface area contributed by atoms with E-state index in [0.29, 0.717) is 0 Å². The van der Waals surface area contributed by atoms with Gasteiger partial charge in [0.05, 0.1) is 0 Å². The van der Waals surface area contributed by atoms with Crippen molar-refractivity contribution in [3.05, 3.63) is 35.7 Å². The molecule has 0 aliphatic rings. The minimum absolute atomic E-state index is 1.02. The van der Waals surface area contributed by atoms with Gasteiger partial charge in [-0.25, -0.2) is 0 Å². The first-order chi connectivity index (χ1) is 5.84. The van der Waals surface area contributed by atoms with E-state index in [1.165, 1.54) is 11.1 Å². The molecule has 2 heteroatoms. The summed E-state index contributed by atoms with van der Waals surface area (Å²) in [6.07, 6.45) is 9.04. The normalized spacial score (nSPS) is 10.8. The summed E-state index contributed by atoms with van der Waals surface area (Å²) >= 11 is 3.37. The number of allylic oxidation sites excluding steroid dienone is 1. The maximum atomic E-state index is 4.06. The molecule has 0 atom stereocenters. The zero-order valence-electron chi connectivity index (χ0n) is 7.13. The summed E-state index contributed by atoms with van der Waals surface area (Å²) in [7, 11) is 0. The molecule has 0 unspecified atom stereocenters. The Kier molecular flexibility index (Phi) is 4.01. The van der Waals surface area contributed by atoms with Crippen LogP contribution in [-0.4, -0.2) is 10.3 Å². The first-order valence-corrected chi connectivity index (χ1v) is 5.10. The number of rotatable bonds is 3. The second-order valence-corrected chi connectivity index (χ2v) is 3.41. The van der Waals surface area contributed by atoms with E-state index in [1.807, 2.05) is 18.5 Å². The smallest absolute Gasteiger partial charge is 0.0342 e. The van der Waals surface area contributed by atoms with Crippen molar-refractivity contribution in [1.29, 1.82) is 0 Å². The van der Waals surface area contributed by atoms with Gasteiger partial charge in [0.15, 0.2) is 0 Å². The van der Waals surface area contributed by atoms with Crippen LogP contribution in [0.15, 0.2) is 24.5 Å². The van der Waals surface area contributed by atoms with Gasteiger partial charge < -0.3 is 0 Å². The van der Waals surface area contributed by atoms with Crippen LogP contribution in [0, 0.1) is 6.92 Å². The molecular weight excluding hydrogens is 214 g/mol. The minimum Gasteiger partial charge on any atom is -0.264 e. The molecular formula is C10H12BrN. The van der Waals surface area contributed by atoms with Gasteiger partial charge in [-0.05, 0) is 30.5 Å². The topological polar surface area (TPSA) is 12.9 Å². The molecule has 64 valence electrons. The molecule has 0 amide bonds. The van der Waals surface area contributed by atoms with Gasteiger partial charge in [0.2, 0.25) is 0 Å². The largest absolute Gasteiger partial charge is 0.264 e. The molecule has 0 saturated carbocycles. The Hall–Kier alpha value is -0.630. The summed E-state index contributed by atoms with van der Waals surface area (Å²) < 4.78 is 0. The highest BCUT2D eigenvalue weighted by molar-refractivity contribution is 9.09. The summed E-state index contributed by atoms with van der Waals surface area (Å²) in [6, 6.07) is 2.02. The van der Waals surface area contributed by atoms with Crippen molar-refractivity contribution in [2.45, 2.75) is 13.3 Å². The van der Waals surface area contributed by atoms with Crippen LogP contribution in [-0.2, 0) is 0 Å². The summed E-state index contributed by atoms with van der Waals surface area (Å²) in [5.74, 6) is 0. The lowest BCUT2D eigenvalue weighted by atomic mass is 10.1. The Morgan fingerprint density at radius 2 is 2.42 bits per heavy atom. The predicted molar refractivity (Wildman–Crippen MR) is 56.4 cm³/mol. The van der Waals surface area contributed by atoms with Crippen molar-refractivity contribution in [1.82, 2.24) is 4.98 Å². The van der Waals surface area contributed by atoms with Crippen molar-refractivity contribution < 1.29 is 0 Å². The molecule has 0 spiro atoms. The Bertz CT molecular complexity index is 268. The van der Waals surface area contributed by atoms with Crippen LogP contribution < -0.4 is 0 Å². The molecule has 0 N–H and O–H groups in total. The minimum atomic E-state index is 1.02. The maximum Gasteiger partial charge on any atom is 0.0342 e. The Morgan fingerprint density at radius 3 is 3.08 bits per heavy atom. The highest BCUT2D eigenvalue weighted by Gasteiger charge is 1.90. The van der Waals surface area contributed by atoms with Gasteiger partial charge in [-0.2, -0.15) is 0 Å². The number of nitrogens with zero attached hydrogens (tertiary/aromatic N) is 1. The van der Waals surface area contributed by atoms with Crippen molar-refractivity contribution in [3.8, 4) is 0 Å². The van der Waals surface area contributed by atoms with Crippen LogP contribution >= 0.6 is 15.9 Å². The van der Waals surface area contributed by atoms with Gasteiger partial charge in [0.1, 0.15) is 0 Å². The molecule has 0 radical (unpaired) electrons. The summed E-state index contributed by atoms with van der Waals surface area (Å²) in [5, 5.41) is 1.02. The Morgan fingerprint density at radius 1 is 1.58 bits per heavy atom. The number of pyridine rings is 1. The van der Waals surface area contributed by atoms with Gasteiger partial charge >= 0.3 is 0 Å². The van der Waals surface area contributed by atoms with Gasteiger partial charge in [0, 0.05) is 17.7 Å². The molecule has 12 heavy (non-hydrogen) atoms. The molecule has 1 rings (SSSR count). The lowest BCUT2D eigenvalue weighted by molar-refractivity contribution is 1.25. The number of halogens is 1. The molecule has 0 bridgehead atoms. The predicted octanol–water partition coefficient (Wildman–Crippen LogP) is 3.19. The van der Waals surface area contributed by atoms with Gasteiger partial charge in [-0.3, -0.25) is 4.98 Å². The standard InChI is InChI=1S/C10H12BrN/c1-9-5-7-12-8-10(9)4-2-3-6-11/h2,4-5,7-8H,3,6H2,1H3. The molecule has 1 aromatic heterocycles. The lowest BCUT2D eigenvalue weighted by Gasteiger charge is -1.96. The van der Waals surface area contributed by atoms with Crippen molar-refractivity contribution >= 4 is 22.0 Å². The second kappa shape index (κ2) is 5.09. The Balaban J connectivity index is 2.68. The fraction of sp³-hybridized carbons (Fsp3) is 0.300. The SMILES string of the molecule is Cc1ccncc1C=CCCBr. The third kappa shape index (κ3) is 2.78. The molecule has 0 aliphatic heterocycles. The number of alkyl halides is 1. The van der Waals surface area contributed by atoms with Crippen LogP contribution in [0.3, 0.4) is 0 Å². The van der Waals surface area contributed by atoms with Crippen LogP contribution in [0.2, 0.25) is 0 Å². The molecule has 1 heterocycles. The fourth-order valence-corrected chi connectivity index (χ4v) is 1.19. The van der Waals surface area contributed by atoms with Gasteiger partial charge in [0.25, 0.3) is 0 Å². The molecule has 0 aliphatic carbocycles. The molecule has 1 nitrogen and oxygen atoms in total. The van der Waals surface area contributed by atoms with E-state index < -0.39 is 0 Å². The highest BCUT2D eigenvalue weighted by atomic mass is 79.9. The molecule has 0 fully saturated rings. The third-order valence-corrected chi connectivity index (χ3v) is 2.11. The third-order valence-electron chi connectivity index (χ3n) is 1.65. The van der Waals surface area contributed by atoms with E-state index in [2.05, 4.69) is 40.0 Å². The zero-order chi connectivity index (χ0) is 8.81. The lowest BCUT2D eigenvalue weighted by Crippen LogP contribution is -1.81. The monoisotopic (exact) mass is 225 g/mol.